The Kier molecular flexibility index (Phi) is 4.56. The van der Waals surface area contributed by atoms with Crippen LogP contribution in [0, 0.1) is 11.3 Å². The van der Waals surface area contributed by atoms with E-state index in [0.29, 0.717) is 17.9 Å². The number of nitrogens with two attached hydrogens (primary N) is 1. The highest BCUT2D eigenvalue weighted by Gasteiger charge is 2.31. The van der Waals surface area contributed by atoms with Crippen LogP contribution in [0.1, 0.15) is 63.8 Å². The minimum Gasteiger partial charge on any atom is -0.330 e. The van der Waals surface area contributed by atoms with Crippen LogP contribution in [0.4, 0.5) is 0 Å². The number of aromatic nitrogens is 2. The summed E-state index contributed by atoms with van der Waals surface area (Å²) in [5, 5.41) is 0. The average Bonchev–Trinajstić information content (AvgIpc) is 2.39. The van der Waals surface area contributed by atoms with Crippen LogP contribution in [0.15, 0.2) is 12.4 Å². The highest BCUT2D eigenvalue weighted by atomic mass is 14.9. The molecule has 3 heteroatoms. The van der Waals surface area contributed by atoms with Gasteiger partial charge >= 0.3 is 0 Å². The van der Waals surface area contributed by atoms with Crippen molar-refractivity contribution in [1.29, 1.82) is 0 Å². The molecule has 0 aromatic carbocycles. The van der Waals surface area contributed by atoms with Crippen LogP contribution in [0.3, 0.4) is 0 Å². The quantitative estimate of drug-likeness (QED) is 0.908. The molecule has 19 heavy (non-hydrogen) atoms. The highest BCUT2D eigenvalue weighted by molar-refractivity contribution is 5.08. The van der Waals surface area contributed by atoms with Crippen molar-refractivity contribution in [3.05, 3.63) is 23.8 Å². The van der Waals surface area contributed by atoms with Crippen LogP contribution < -0.4 is 5.73 Å². The van der Waals surface area contributed by atoms with E-state index in [4.69, 9.17) is 5.73 Å². The van der Waals surface area contributed by atoms with Crippen molar-refractivity contribution in [3.63, 3.8) is 0 Å². The van der Waals surface area contributed by atoms with Crippen molar-refractivity contribution >= 4 is 0 Å². The lowest BCUT2D eigenvalue weighted by Crippen LogP contribution is -2.25. The van der Waals surface area contributed by atoms with Gasteiger partial charge in [0.25, 0.3) is 0 Å². The van der Waals surface area contributed by atoms with E-state index in [1.807, 2.05) is 12.4 Å². The van der Waals surface area contributed by atoms with Crippen LogP contribution in [-0.4, -0.2) is 16.5 Å². The molecule has 0 saturated heterocycles. The molecule has 1 fully saturated rings. The molecule has 2 rings (SSSR count). The lowest BCUT2D eigenvalue weighted by molar-refractivity contribution is 0.167. The van der Waals surface area contributed by atoms with E-state index in [2.05, 4.69) is 30.7 Å². The van der Waals surface area contributed by atoms with Crippen molar-refractivity contribution in [2.24, 2.45) is 17.1 Å². The first kappa shape index (κ1) is 14.4. The van der Waals surface area contributed by atoms with Gasteiger partial charge in [-0.3, -0.25) is 0 Å². The predicted octanol–water partition coefficient (Wildman–Crippen LogP) is 3.30. The molecule has 3 nitrogen and oxygen atoms in total. The van der Waals surface area contributed by atoms with E-state index in [-0.39, 0.29) is 0 Å². The van der Waals surface area contributed by atoms with E-state index in [0.717, 1.165) is 23.7 Å². The second-order valence-corrected chi connectivity index (χ2v) is 6.90. The summed E-state index contributed by atoms with van der Waals surface area (Å²) < 4.78 is 0. The summed E-state index contributed by atoms with van der Waals surface area (Å²) in [4.78, 5) is 9.08. The molecule has 0 spiro atoms. The Labute approximate surface area is 117 Å². The van der Waals surface area contributed by atoms with Crippen LogP contribution in [0.25, 0.3) is 0 Å². The summed E-state index contributed by atoms with van der Waals surface area (Å²) in [6.45, 7) is 7.74. The van der Waals surface area contributed by atoms with Crippen molar-refractivity contribution in [3.8, 4) is 0 Å². The maximum absolute atomic E-state index is 5.54. The van der Waals surface area contributed by atoms with Crippen LogP contribution >= 0.6 is 0 Å². The van der Waals surface area contributed by atoms with Gasteiger partial charge in [0.2, 0.25) is 0 Å². The molecule has 106 valence electrons. The predicted molar refractivity (Wildman–Crippen MR) is 78.9 cm³/mol. The molecule has 0 unspecified atom stereocenters. The molecule has 2 N–H and O–H groups in total. The molecule has 1 aliphatic rings. The molecule has 1 saturated carbocycles. The molecule has 1 aliphatic carbocycles. The Hall–Kier alpha value is -0.960. The van der Waals surface area contributed by atoms with Crippen LogP contribution in [-0.2, 0) is 6.42 Å². The number of hydrogen-bond acceptors (Lipinski definition) is 3. The third-order valence-corrected chi connectivity index (χ3v) is 4.48. The maximum atomic E-state index is 5.54. The molecule has 1 aromatic heterocycles. The van der Waals surface area contributed by atoms with E-state index in [1.54, 1.807) is 0 Å². The van der Waals surface area contributed by atoms with E-state index in [9.17, 15) is 0 Å². The Balaban J connectivity index is 1.94. The fourth-order valence-corrected chi connectivity index (χ4v) is 3.09. The fourth-order valence-electron chi connectivity index (χ4n) is 3.09. The average molecular weight is 261 g/mol. The summed E-state index contributed by atoms with van der Waals surface area (Å²) >= 11 is 0. The van der Waals surface area contributed by atoms with Gasteiger partial charge in [0.05, 0.1) is 0 Å². The normalized spacial score (nSPS) is 24.4. The van der Waals surface area contributed by atoms with Crippen molar-refractivity contribution < 1.29 is 0 Å². The van der Waals surface area contributed by atoms with E-state index >= 15 is 0 Å². The lowest BCUT2D eigenvalue weighted by Gasteiger charge is -2.36. The molecular weight excluding hydrogens is 234 g/mol. The maximum Gasteiger partial charge on any atom is 0.131 e. The molecule has 0 radical (unpaired) electrons. The van der Waals surface area contributed by atoms with Crippen molar-refractivity contribution in [2.75, 3.05) is 6.54 Å². The first-order valence-electron chi connectivity index (χ1n) is 7.51. The molecule has 1 aromatic rings. The van der Waals surface area contributed by atoms with E-state index in [1.165, 1.54) is 25.7 Å². The first-order valence-corrected chi connectivity index (χ1v) is 7.51. The topological polar surface area (TPSA) is 51.8 Å². The second kappa shape index (κ2) is 6.00. The molecule has 0 amide bonds. The molecule has 0 aliphatic heterocycles. The highest BCUT2D eigenvalue weighted by Crippen LogP contribution is 2.42. The minimum absolute atomic E-state index is 0.441. The molecule has 0 bridgehead atoms. The Morgan fingerprint density at radius 1 is 1.11 bits per heavy atom. The van der Waals surface area contributed by atoms with Gasteiger partial charge in [-0.05, 0) is 55.5 Å². The summed E-state index contributed by atoms with van der Waals surface area (Å²) in [6, 6.07) is 0. The monoisotopic (exact) mass is 261 g/mol. The SMILES string of the molecule is CC(C)(C)C1CCC(c2ncc(CCN)cn2)CC1. The van der Waals surface area contributed by atoms with Crippen LogP contribution in [0.2, 0.25) is 0 Å². The van der Waals surface area contributed by atoms with Gasteiger partial charge in [-0.1, -0.05) is 20.8 Å². The lowest BCUT2D eigenvalue weighted by atomic mass is 9.70. The zero-order valence-corrected chi connectivity index (χ0v) is 12.5. The van der Waals surface area contributed by atoms with Gasteiger partial charge < -0.3 is 5.73 Å². The number of hydrogen-bond donors (Lipinski definition) is 1. The van der Waals surface area contributed by atoms with Gasteiger partial charge in [-0.2, -0.15) is 0 Å². The number of nitrogens with zero attached hydrogens (tertiary/aromatic N) is 2. The van der Waals surface area contributed by atoms with Gasteiger partial charge in [0, 0.05) is 18.3 Å². The standard InChI is InChI=1S/C16H27N3/c1-16(2,3)14-6-4-13(5-7-14)15-18-10-12(8-9-17)11-19-15/h10-11,13-14H,4-9,17H2,1-3H3. The summed E-state index contributed by atoms with van der Waals surface area (Å²) in [6.07, 6.45) is 9.85. The summed E-state index contributed by atoms with van der Waals surface area (Å²) in [5.41, 5.74) is 7.13. The Morgan fingerprint density at radius 3 is 2.16 bits per heavy atom. The Bertz CT molecular complexity index is 383. The first-order chi connectivity index (χ1) is 9.00. The van der Waals surface area contributed by atoms with Crippen molar-refractivity contribution in [1.82, 2.24) is 9.97 Å². The third-order valence-electron chi connectivity index (χ3n) is 4.48. The van der Waals surface area contributed by atoms with Crippen LogP contribution in [0.5, 0.6) is 0 Å². The van der Waals surface area contributed by atoms with Crippen molar-refractivity contribution in [2.45, 2.75) is 58.8 Å². The van der Waals surface area contributed by atoms with E-state index < -0.39 is 0 Å². The van der Waals surface area contributed by atoms with Gasteiger partial charge in [0.1, 0.15) is 5.82 Å². The third kappa shape index (κ3) is 3.75. The second-order valence-electron chi connectivity index (χ2n) is 6.90. The number of rotatable bonds is 3. The van der Waals surface area contributed by atoms with Gasteiger partial charge in [-0.15, -0.1) is 0 Å². The molecular formula is C16H27N3. The van der Waals surface area contributed by atoms with Gasteiger partial charge in [-0.25, -0.2) is 9.97 Å². The molecule has 1 heterocycles. The fraction of sp³-hybridized carbons (Fsp3) is 0.750. The minimum atomic E-state index is 0.441. The zero-order valence-electron chi connectivity index (χ0n) is 12.5. The van der Waals surface area contributed by atoms with Gasteiger partial charge in [0.15, 0.2) is 0 Å². The Morgan fingerprint density at radius 2 is 1.68 bits per heavy atom. The summed E-state index contributed by atoms with van der Waals surface area (Å²) in [5.74, 6) is 2.44. The zero-order chi connectivity index (χ0) is 13.9. The smallest absolute Gasteiger partial charge is 0.131 e. The summed E-state index contributed by atoms with van der Waals surface area (Å²) in [7, 11) is 0. The molecule has 0 atom stereocenters. The largest absolute Gasteiger partial charge is 0.330 e.